The molecule has 4 N–H and O–H groups in total. The lowest BCUT2D eigenvalue weighted by Crippen LogP contribution is -2.44. The van der Waals surface area contributed by atoms with Crippen molar-refractivity contribution >= 4 is 23.3 Å². The van der Waals surface area contributed by atoms with Gasteiger partial charge in [-0.3, -0.25) is 4.79 Å². The Kier molecular flexibility index (Phi) is 3.89. The molecule has 1 atom stereocenters. The van der Waals surface area contributed by atoms with Crippen molar-refractivity contribution in [3.63, 3.8) is 0 Å². The molecule has 1 fully saturated rings. The molecule has 19 heavy (non-hydrogen) atoms. The summed E-state index contributed by atoms with van der Waals surface area (Å²) in [6.45, 7) is 0.703. The number of hydrogen-bond acceptors (Lipinski definition) is 5. The standard InChI is InChI=1S/C13H17N3O3/c1-19-13(18)8-4-2-5-9(11(8)14)16-10-6-3-7-15-12(10)17/h2,4-5,10,16H,3,6-7,14H2,1H3,(H,15,17). The van der Waals surface area contributed by atoms with Crippen LogP contribution in [0.1, 0.15) is 23.2 Å². The van der Waals surface area contributed by atoms with Crippen LogP contribution in [0, 0.1) is 0 Å². The number of anilines is 2. The maximum absolute atomic E-state index is 11.7. The molecule has 1 saturated heterocycles. The van der Waals surface area contributed by atoms with Gasteiger partial charge in [-0.1, -0.05) is 6.07 Å². The van der Waals surface area contributed by atoms with Gasteiger partial charge in [0.25, 0.3) is 0 Å². The number of benzene rings is 1. The van der Waals surface area contributed by atoms with Crippen molar-refractivity contribution in [2.24, 2.45) is 0 Å². The van der Waals surface area contributed by atoms with Crippen LogP contribution in [-0.4, -0.2) is 31.6 Å². The quantitative estimate of drug-likeness (QED) is 0.552. The molecule has 1 heterocycles. The van der Waals surface area contributed by atoms with E-state index in [-0.39, 0.29) is 11.9 Å². The number of para-hydroxylation sites is 1. The van der Waals surface area contributed by atoms with Crippen LogP contribution in [0.5, 0.6) is 0 Å². The number of piperidine rings is 1. The summed E-state index contributed by atoms with van der Waals surface area (Å²) in [7, 11) is 1.30. The van der Waals surface area contributed by atoms with Gasteiger partial charge in [0.05, 0.1) is 24.0 Å². The number of amides is 1. The van der Waals surface area contributed by atoms with E-state index in [4.69, 9.17) is 5.73 Å². The summed E-state index contributed by atoms with van der Waals surface area (Å²) >= 11 is 0. The second-order valence-corrected chi connectivity index (χ2v) is 4.39. The predicted octanol–water partition coefficient (Wildman–Crippen LogP) is 0.746. The van der Waals surface area contributed by atoms with Crippen molar-refractivity contribution < 1.29 is 14.3 Å². The predicted molar refractivity (Wildman–Crippen MR) is 71.8 cm³/mol. The molecule has 0 aliphatic carbocycles. The van der Waals surface area contributed by atoms with Crippen LogP contribution in [0.15, 0.2) is 18.2 Å². The van der Waals surface area contributed by atoms with Gasteiger partial charge < -0.3 is 21.1 Å². The first-order chi connectivity index (χ1) is 9.13. The van der Waals surface area contributed by atoms with Crippen LogP contribution in [0.2, 0.25) is 0 Å². The van der Waals surface area contributed by atoms with E-state index in [1.54, 1.807) is 18.2 Å². The maximum Gasteiger partial charge on any atom is 0.340 e. The highest BCUT2D eigenvalue weighted by atomic mass is 16.5. The van der Waals surface area contributed by atoms with Gasteiger partial charge in [-0.2, -0.15) is 0 Å². The van der Waals surface area contributed by atoms with Crippen molar-refractivity contribution in [1.82, 2.24) is 5.32 Å². The van der Waals surface area contributed by atoms with E-state index in [0.29, 0.717) is 23.5 Å². The SMILES string of the molecule is COC(=O)c1cccc(NC2CCCNC2=O)c1N. The van der Waals surface area contributed by atoms with Gasteiger partial charge in [0, 0.05) is 6.54 Å². The Hall–Kier alpha value is -2.24. The molecule has 0 aromatic heterocycles. The van der Waals surface area contributed by atoms with Crippen LogP contribution >= 0.6 is 0 Å². The smallest absolute Gasteiger partial charge is 0.340 e. The fourth-order valence-corrected chi connectivity index (χ4v) is 2.08. The highest BCUT2D eigenvalue weighted by Crippen LogP contribution is 2.25. The number of nitrogen functional groups attached to an aromatic ring is 1. The molecule has 1 aromatic rings. The minimum atomic E-state index is -0.491. The minimum Gasteiger partial charge on any atom is -0.465 e. The van der Waals surface area contributed by atoms with Gasteiger partial charge in [0.15, 0.2) is 0 Å². The van der Waals surface area contributed by atoms with Gasteiger partial charge in [-0.15, -0.1) is 0 Å². The van der Waals surface area contributed by atoms with Crippen molar-refractivity contribution in [3.05, 3.63) is 23.8 Å². The summed E-state index contributed by atoms with van der Waals surface area (Å²) in [4.78, 5) is 23.2. The first kappa shape index (κ1) is 13.2. The van der Waals surface area contributed by atoms with Crippen molar-refractivity contribution in [1.29, 1.82) is 0 Å². The van der Waals surface area contributed by atoms with Gasteiger partial charge in [0.2, 0.25) is 5.91 Å². The number of esters is 1. The molecule has 0 bridgehead atoms. The summed E-state index contributed by atoms with van der Waals surface area (Å²) < 4.78 is 4.66. The summed E-state index contributed by atoms with van der Waals surface area (Å²) in [6, 6.07) is 4.71. The Labute approximate surface area is 111 Å². The second-order valence-electron chi connectivity index (χ2n) is 4.39. The van der Waals surface area contributed by atoms with Gasteiger partial charge in [-0.25, -0.2) is 4.79 Å². The number of methoxy groups -OCH3 is 1. The topological polar surface area (TPSA) is 93.5 Å². The molecule has 0 spiro atoms. The Balaban J connectivity index is 2.20. The zero-order valence-corrected chi connectivity index (χ0v) is 10.7. The number of ether oxygens (including phenoxy) is 1. The van der Waals surface area contributed by atoms with E-state index in [0.717, 1.165) is 12.8 Å². The van der Waals surface area contributed by atoms with E-state index >= 15 is 0 Å². The molecule has 102 valence electrons. The first-order valence-electron chi connectivity index (χ1n) is 6.14. The average molecular weight is 263 g/mol. The van der Waals surface area contributed by atoms with Gasteiger partial charge >= 0.3 is 5.97 Å². The molecule has 1 aliphatic rings. The molecule has 6 nitrogen and oxygen atoms in total. The lowest BCUT2D eigenvalue weighted by Gasteiger charge is -2.24. The molecule has 1 amide bonds. The van der Waals surface area contributed by atoms with Crippen LogP contribution < -0.4 is 16.4 Å². The fourth-order valence-electron chi connectivity index (χ4n) is 2.08. The Bertz CT molecular complexity index is 502. The van der Waals surface area contributed by atoms with Crippen LogP contribution in [0.4, 0.5) is 11.4 Å². The Morgan fingerprint density at radius 3 is 3.00 bits per heavy atom. The van der Waals surface area contributed by atoms with Crippen molar-refractivity contribution in [3.8, 4) is 0 Å². The molecule has 1 aromatic carbocycles. The van der Waals surface area contributed by atoms with E-state index in [1.807, 2.05) is 0 Å². The molecule has 6 heteroatoms. The van der Waals surface area contributed by atoms with E-state index in [9.17, 15) is 9.59 Å². The first-order valence-corrected chi connectivity index (χ1v) is 6.14. The van der Waals surface area contributed by atoms with E-state index in [2.05, 4.69) is 15.4 Å². The van der Waals surface area contributed by atoms with Crippen molar-refractivity contribution in [2.45, 2.75) is 18.9 Å². The fraction of sp³-hybridized carbons (Fsp3) is 0.385. The normalized spacial score (nSPS) is 18.6. The van der Waals surface area contributed by atoms with Crippen molar-refractivity contribution in [2.75, 3.05) is 24.7 Å². The minimum absolute atomic E-state index is 0.0471. The highest BCUT2D eigenvalue weighted by molar-refractivity contribution is 5.99. The number of nitrogens with two attached hydrogens (primary N) is 1. The maximum atomic E-state index is 11.7. The second kappa shape index (κ2) is 5.60. The summed E-state index contributed by atoms with van der Waals surface area (Å²) in [6.07, 6.45) is 1.66. The molecule has 1 unspecified atom stereocenters. The third-order valence-electron chi connectivity index (χ3n) is 3.13. The zero-order chi connectivity index (χ0) is 13.8. The summed E-state index contributed by atoms with van der Waals surface area (Å²) in [5, 5.41) is 5.86. The monoisotopic (exact) mass is 263 g/mol. The van der Waals surface area contributed by atoms with Crippen LogP contribution in [-0.2, 0) is 9.53 Å². The number of carbonyl (C=O) groups is 2. The number of rotatable bonds is 3. The van der Waals surface area contributed by atoms with Gasteiger partial charge in [-0.05, 0) is 25.0 Å². The molecular weight excluding hydrogens is 246 g/mol. The zero-order valence-electron chi connectivity index (χ0n) is 10.7. The summed E-state index contributed by atoms with van der Waals surface area (Å²) in [5.74, 6) is -0.539. The number of nitrogens with one attached hydrogen (secondary N) is 2. The summed E-state index contributed by atoms with van der Waals surface area (Å²) in [5.41, 5.74) is 7.10. The lowest BCUT2D eigenvalue weighted by molar-refractivity contribution is -0.123. The average Bonchev–Trinajstić information content (AvgIpc) is 2.42. The molecule has 0 radical (unpaired) electrons. The molecule has 1 aliphatic heterocycles. The van der Waals surface area contributed by atoms with Gasteiger partial charge in [0.1, 0.15) is 6.04 Å². The number of hydrogen-bond donors (Lipinski definition) is 3. The Morgan fingerprint density at radius 1 is 1.53 bits per heavy atom. The number of carbonyl (C=O) groups excluding carboxylic acids is 2. The highest BCUT2D eigenvalue weighted by Gasteiger charge is 2.23. The van der Waals surface area contributed by atoms with Crippen LogP contribution in [0.3, 0.4) is 0 Å². The van der Waals surface area contributed by atoms with E-state index < -0.39 is 5.97 Å². The Morgan fingerprint density at radius 2 is 2.32 bits per heavy atom. The third kappa shape index (κ3) is 2.78. The molecular formula is C13H17N3O3. The largest absolute Gasteiger partial charge is 0.465 e. The van der Waals surface area contributed by atoms with E-state index in [1.165, 1.54) is 7.11 Å². The third-order valence-corrected chi connectivity index (χ3v) is 3.13. The van der Waals surface area contributed by atoms with Crippen LogP contribution in [0.25, 0.3) is 0 Å². The molecule has 2 rings (SSSR count). The lowest BCUT2D eigenvalue weighted by atomic mass is 10.1. The molecule has 0 saturated carbocycles.